The fourth-order valence-electron chi connectivity index (χ4n) is 8.65. The van der Waals surface area contributed by atoms with Crippen LogP contribution in [0.5, 0.6) is 0 Å². The van der Waals surface area contributed by atoms with Gasteiger partial charge in [-0.3, -0.25) is 14.5 Å². The van der Waals surface area contributed by atoms with Crippen LogP contribution in [-0.2, 0) is 38.4 Å². The van der Waals surface area contributed by atoms with Crippen LogP contribution in [0.4, 0.5) is 0 Å². The van der Waals surface area contributed by atoms with Gasteiger partial charge in [-0.1, -0.05) is 172 Å². The molecule has 0 saturated carbocycles. The number of benzene rings is 6. The Labute approximate surface area is 448 Å². The van der Waals surface area contributed by atoms with E-state index in [2.05, 4.69) is 0 Å². The van der Waals surface area contributed by atoms with Crippen molar-refractivity contribution >= 4 is 65.5 Å². The summed E-state index contributed by atoms with van der Waals surface area (Å²) in [5.74, 6) is -3.32. The third-order valence-electron chi connectivity index (χ3n) is 12.4. The van der Waals surface area contributed by atoms with Crippen molar-refractivity contribution in [3.8, 4) is 33.4 Å². The second kappa shape index (κ2) is 27.6. The average Bonchev–Trinajstić information content (AvgIpc) is 3.62. The molecule has 6 atom stereocenters. The van der Waals surface area contributed by atoms with Gasteiger partial charge in [-0.05, 0) is 131 Å². The van der Waals surface area contributed by atoms with Crippen molar-refractivity contribution in [2.45, 2.75) is 103 Å². The molecule has 1 fully saturated rings. The number of likely N-dealkylation sites (tertiary alicyclic amines) is 1. The van der Waals surface area contributed by atoms with Gasteiger partial charge in [-0.2, -0.15) is 0 Å². The van der Waals surface area contributed by atoms with E-state index in [0.29, 0.717) is 40.7 Å². The molecule has 7 rings (SSSR count). The summed E-state index contributed by atoms with van der Waals surface area (Å²) in [4.78, 5) is 47.7. The van der Waals surface area contributed by atoms with Gasteiger partial charge in [0.05, 0.1) is 0 Å². The monoisotopic (exact) mass is 1060 g/mol. The largest absolute Gasteiger partial charge is 0.479 e. The van der Waals surface area contributed by atoms with E-state index in [1.54, 1.807) is 27.6 Å². The molecule has 1 aliphatic heterocycles. The number of aliphatic hydroxyl groups is 3. The zero-order valence-corrected chi connectivity index (χ0v) is 44.1. The molecule has 0 spiro atoms. The number of nitrogens with zero attached hydrogens (tertiary/aromatic N) is 1. The Balaban J connectivity index is 0.000000207. The molecule has 0 aliphatic carbocycles. The Morgan fingerprint density at radius 1 is 0.635 bits per heavy atom. The molecule has 2 amide bonds. The lowest BCUT2D eigenvalue weighted by Gasteiger charge is -2.29. The fourth-order valence-corrected chi connectivity index (χ4v) is 9.22. The number of amides is 2. The lowest BCUT2D eigenvalue weighted by molar-refractivity contribution is -0.152. The molecule has 74 heavy (non-hydrogen) atoms. The number of hydrogen-bond donors (Lipinski definition) is 7. The number of carbonyl (C=O) groups excluding carboxylic acids is 2. The van der Waals surface area contributed by atoms with E-state index in [0.717, 1.165) is 50.1 Å². The van der Waals surface area contributed by atoms with Gasteiger partial charge in [-0.25, -0.2) is 9.59 Å². The second-order valence-electron chi connectivity index (χ2n) is 19.8. The number of imide groups is 1. The van der Waals surface area contributed by atoms with Crippen molar-refractivity contribution in [2.75, 3.05) is 0 Å². The Morgan fingerprint density at radius 3 is 1.41 bits per heavy atom. The summed E-state index contributed by atoms with van der Waals surface area (Å²) in [5, 5.41) is 58.2. The van der Waals surface area contributed by atoms with E-state index >= 15 is 0 Å². The standard InChI is InChI=1S/C22H24ClNO3.C19H22BClO4.C17H18ClNO3/c1-22(2,3)21(27)24-18(13-19(25)20(24)26)11-14-7-9-15(10-8-14)16-5-4-6-17(23)12-16;1-20(25)12-14(10-18(22)19(23)24)9-13-5-7-15(8-6-13)16-3-2-4-17(21)11-16;18-14-3-1-2-13(9-14)12-6-4-11(5-7-12)8-15(19)10-16(20)17(21)22/h4-10,12,18-19,25H,11,13H2,1-3H3;2-8,11,14,18,22,25H,9-10,12H2,1H3,(H,23,24);1-7,9,15-16,20H,8,10,19H2,(H,21,22)/t18-,19-;14-,18-;15-,16-/m111/s1. The normalized spacial score (nSPS) is 15.9. The molecule has 6 aromatic rings. The van der Waals surface area contributed by atoms with Crippen molar-refractivity contribution in [3.05, 3.63) is 177 Å². The van der Waals surface area contributed by atoms with Crippen LogP contribution < -0.4 is 5.73 Å². The van der Waals surface area contributed by atoms with Gasteiger partial charge in [0.2, 0.25) is 5.91 Å². The number of hydrogen-bond acceptors (Lipinski definition) is 9. The molecule has 12 nitrogen and oxygen atoms in total. The fraction of sp³-hybridized carbons (Fsp3) is 0.310. The molecular weight excluding hydrogens is 1000 g/mol. The van der Waals surface area contributed by atoms with E-state index in [-0.39, 0.29) is 37.1 Å². The van der Waals surface area contributed by atoms with Crippen LogP contribution >= 0.6 is 34.8 Å². The molecule has 6 aromatic carbocycles. The third-order valence-corrected chi connectivity index (χ3v) is 13.1. The highest BCUT2D eigenvalue weighted by Crippen LogP contribution is 2.31. The number of aliphatic carboxylic acids is 2. The predicted octanol–water partition coefficient (Wildman–Crippen LogP) is 10.4. The van der Waals surface area contributed by atoms with Crippen molar-refractivity contribution in [3.63, 3.8) is 0 Å². The summed E-state index contributed by atoms with van der Waals surface area (Å²) in [6, 6.07) is 45.9. The Hall–Kier alpha value is -5.87. The summed E-state index contributed by atoms with van der Waals surface area (Å²) in [6.45, 7) is 6.47. The van der Waals surface area contributed by atoms with Gasteiger partial charge in [0.25, 0.3) is 12.8 Å². The second-order valence-corrected chi connectivity index (χ2v) is 21.1. The van der Waals surface area contributed by atoms with E-state index in [1.807, 2.05) is 146 Å². The third kappa shape index (κ3) is 18.2. The molecule has 1 heterocycles. The van der Waals surface area contributed by atoms with E-state index in [9.17, 15) is 39.5 Å². The molecule has 390 valence electrons. The quantitative estimate of drug-likeness (QED) is 0.0426. The van der Waals surface area contributed by atoms with Crippen molar-refractivity contribution < 1.29 is 49.7 Å². The van der Waals surface area contributed by atoms with E-state index in [4.69, 9.17) is 50.7 Å². The van der Waals surface area contributed by atoms with Crippen LogP contribution in [0, 0.1) is 11.3 Å². The smallest absolute Gasteiger partial charge is 0.332 e. The number of carboxylic acid groups (broad SMARTS) is 2. The number of carboxylic acids is 2. The van der Waals surface area contributed by atoms with E-state index in [1.165, 1.54) is 4.90 Å². The maximum Gasteiger partial charge on any atom is 0.332 e. The highest BCUT2D eigenvalue weighted by atomic mass is 35.5. The van der Waals surface area contributed by atoms with Crippen LogP contribution in [0.25, 0.3) is 33.4 Å². The Morgan fingerprint density at radius 2 is 1.03 bits per heavy atom. The molecule has 1 saturated heterocycles. The summed E-state index contributed by atoms with van der Waals surface area (Å²) >= 11 is 18.1. The van der Waals surface area contributed by atoms with Crippen LogP contribution in [0.1, 0.15) is 56.7 Å². The first-order chi connectivity index (χ1) is 35.0. The Kier molecular flexibility index (Phi) is 22.0. The first-order valence-electron chi connectivity index (χ1n) is 24.3. The summed E-state index contributed by atoms with van der Waals surface area (Å²) < 4.78 is 0. The molecule has 0 unspecified atom stereocenters. The van der Waals surface area contributed by atoms with Gasteiger partial charge in [0.1, 0.15) is 6.10 Å². The number of carbonyl (C=O) groups is 4. The molecule has 16 heteroatoms. The van der Waals surface area contributed by atoms with E-state index < -0.39 is 54.5 Å². The number of rotatable bonds is 17. The summed E-state index contributed by atoms with van der Waals surface area (Å²) in [5.41, 5.74) is 14.5. The van der Waals surface area contributed by atoms with Gasteiger partial charge in [0.15, 0.2) is 12.2 Å². The van der Waals surface area contributed by atoms with Crippen LogP contribution in [0.3, 0.4) is 0 Å². The number of nitrogens with two attached hydrogens (primary N) is 1. The summed E-state index contributed by atoms with van der Waals surface area (Å²) in [6.07, 6.45) is -1.41. The molecule has 8 N–H and O–H groups in total. The average molecular weight is 1070 g/mol. The van der Waals surface area contributed by atoms with Gasteiger partial charge in [0, 0.05) is 39.0 Å². The zero-order valence-electron chi connectivity index (χ0n) is 41.8. The minimum Gasteiger partial charge on any atom is -0.479 e. The summed E-state index contributed by atoms with van der Waals surface area (Å²) in [7, 11) is 0. The first kappa shape index (κ1) is 59.0. The zero-order chi connectivity index (χ0) is 54.3. The topological polar surface area (TPSA) is 219 Å². The lowest BCUT2D eigenvalue weighted by Crippen LogP contribution is -2.46. The minimum absolute atomic E-state index is 0.0331. The van der Waals surface area contributed by atoms with Crippen molar-refractivity contribution in [1.82, 2.24) is 4.90 Å². The van der Waals surface area contributed by atoms with Gasteiger partial charge in [-0.15, -0.1) is 0 Å². The van der Waals surface area contributed by atoms with Crippen LogP contribution in [0.15, 0.2) is 146 Å². The van der Waals surface area contributed by atoms with Gasteiger partial charge < -0.3 is 36.3 Å². The molecule has 0 aromatic heterocycles. The highest BCUT2D eigenvalue weighted by molar-refractivity contribution is 6.48. The highest BCUT2D eigenvalue weighted by Gasteiger charge is 2.45. The predicted molar refractivity (Wildman–Crippen MR) is 294 cm³/mol. The number of aliphatic hydroxyl groups excluding tert-OH is 3. The molecular formula is C58H64BCl3N2O10. The van der Waals surface area contributed by atoms with Crippen molar-refractivity contribution in [2.24, 2.45) is 17.1 Å². The van der Waals surface area contributed by atoms with Gasteiger partial charge >= 0.3 is 11.9 Å². The number of halogens is 3. The lowest BCUT2D eigenvalue weighted by atomic mass is 9.62. The molecule has 0 bridgehead atoms. The molecule has 0 radical (unpaired) electrons. The van der Waals surface area contributed by atoms with Crippen molar-refractivity contribution in [1.29, 1.82) is 0 Å². The Bertz CT molecular complexity index is 2810. The van der Waals surface area contributed by atoms with Crippen LogP contribution in [-0.4, -0.2) is 96.5 Å². The maximum atomic E-state index is 12.7. The SMILES string of the molecule is CB(O)C[C@H](Cc1ccc(-c2cccc(Cl)c2)cc1)C[C@@H](O)C(=O)O.CC(C)(C)C(=O)N1C(=O)[C@H](O)C[C@H]1Cc1ccc(-c2cccc(Cl)c2)cc1.N[C@H](Cc1ccc(-c2cccc(Cl)c2)cc1)C[C@@H](O)C(=O)O. The minimum atomic E-state index is -1.42. The molecule has 1 aliphatic rings. The van der Waals surface area contributed by atoms with Crippen LogP contribution in [0.2, 0.25) is 28.2 Å². The maximum absolute atomic E-state index is 12.7. The first-order valence-corrected chi connectivity index (χ1v) is 25.5.